The molecule has 3 N–H and O–H groups in total. The normalized spacial score (nSPS) is 20.9. The first-order chi connectivity index (χ1) is 8.59. The molecular formula is C12H15ClN2O3S. The summed E-state index contributed by atoms with van der Waals surface area (Å²) in [6, 6.07) is 3.97. The van der Waals surface area contributed by atoms with Gasteiger partial charge < -0.3 is 5.32 Å². The van der Waals surface area contributed by atoms with Crippen LogP contribution in [-0.2, 0) is 10.0 Å². The third-order valence-electron chi connectivity index (χ3n) is 3.28. The third-order valence-corrected chi connectivity index (χ3v) is 4.39. The fourth-order valence-corrected chi connectivity index (χ4v) is 2.70. The van der Waals surface area contributed by atoms with Gasteiger partial charge in [-0.05, 0) is 30.0 Å². The molecule has 0 bridgehead atoms. The van der Waals surface area contributed by atoms with Gasteiger partial charge in [-0.25, -0.2) is 13.6 Å². The first kappa shape index (κ1) is 14.3. The van der Waals surface area contributed by atoms with Crippen LogP contribution in [0.5, 0.6) is 0 Å². The summed E-state index contributed by atoms with van der Waals surface area (Å²) in [6.45, 7) is 4.09. The molecule has 0 saturated heterocycles. The lowest BCUT2D eigenvalue weighted by Gasteiger charge is -2.08. The Hall–Kier alpha value is -1.11. The number of hydrogen-bond acceptors (Lipinski definition) is 3. The summed E-state index contributed by atoms with van der Waals surface area (Å²) < 4.78 is 22.6. The van der Waals surface area contributed by atoms with Crippen LogP contribution >= 0.6 is 11.6 Å². The van der Waals surface area contributed by atoms with E-state index in [0.717, 1.165) is 6.42 Å². The zero-order valence-corrected chi connectivity index (χ0v) is 12.2. The summed E-state index contributed by atoms with van der Waals surface area (Å²) in [5, 5.41) is 8.03. The molecule has 2 rings (SSSR count). The Morgan fingerprint density at radius 3 is 2.47 bits per heavy atom. The van der Waals surface area contributed by atoms with Gasteiger partial charge in [-0.15, -0.1) is 0 Å². The van der Waals surface area contributed by atoms with Gasteiger partial charge in [0.15, 0.2) is 0 Å². The van der Waals surface area contributed by atoms with Gasteiger partial charge in [0.1, 0.15) is 0 Å². The summed E-state index contributed by atoms with van der Waals surface area (Å²) in [7, 11) is -3.88. The Bertz CT molecular complexity index is 640. The Balaban J connectivity index is 2.25. The van der Waals surface area contributed by atoms with E-state index in [1.807, 2.05) is 13.8 Å². The van der Waals surface area contributed by atoms with E-state index in [2.05, 4.69) is 5.32 Å². The first-order valence-electron chi connectivity index (χ1n) is 5.74. The standard InChI is InChI=1S/C12H15ClN2O3S/c1-12(2)6-10(12)15-11(16)7-3-8(13)5-9(4-7)19(14,17)18/h3-5,10H,6H2,1-2H3,(H,15,16)(H2,14,17,18). The molecule has 1 saturated carbocycles. The highest BCUT2D eigenvalue weighted by Gasteiger charge is 2.46. The minimum atomic E-state index is -3.88. The zero-order chi connectivity index (χ0) is 14.4. The number of nitrogens with one attached hydrogen (secondary N) is 1. The van der Waals surface area contributed by atoms with Gasteiger partial charge in [-0.2, -0.15) is 0 Å². The lowest BCUT2D eigenvalue weighted by Crippen LogP contribution is -2.28. The fourth-order valence-electron chi connectivity index (χ4n) is 1.81. The maximum Gasteiger partial charge on any atom is 0.251 e. The average molecular weight is 303 g/mol. The summed E-state index contributed by atoms with van der Waals surface area (Å²) in [6.07, 6.45) is 0.904. The number of amides is 1. The summed E-state index contributed by atoms with van der Waals surface area (Å²) >= 11 is 5.81. The van der Waals surface area contributed by atoms with Crippen LogP contribution in [0.2, 0.25) is 5.02 Å². The molecule has 0 aliphatic heterocycles. The van der Waals surface area contributed by atoms with E-state index in [9.17, 15) is 13.2 Å². The molecule has 1 amide bonds. The molecular weight excluding hydrogens is 288 g/mol. The molecule has 5 nitrogen and oxygen atoms in total. The minimum absolute atomic E-state index is 0.0943. The molecule has 1 unspecified atom stereocenters. The van der Waals surface area contributed by atoms with Crippen molar-refractivity contribution in [3.63, 3.8) is 0 Å². The molecule has 1 aliphatic carbocycles. The van der Waals surface area contributed by atoms with Crippen LogP contribution in [0.25, 0.3) is 0 Å². The van der Waals surface area contributed by atoms with Gasteiger partial charge in [-0.1, -0.05) is 25.4 Å². The predicted molar refractivity (Wildman–Crippen MR) is 72.5 cm³/mol. The maximum atomic E-state index is 12.0. The quantitative estimate of drug-likeness (QED) is 0.887. The summed E-state index contributed by atoms with van der Waals surface area (Å²) in [5.41, 5.74) is 0.288. The minimum Gasteiger partial charge on any atom is -0.349 e. The molecule has 0 aromatic heterocycles. The van der Waals surface area contributed by atoms with E-state index in [0.29, 0.717) is 0 Å². The number of halogens is 1. The average Bonchev–Trinajstić information content (AvgIpc) is 2.83. The van der Waals surface area contributed by atoms with Crippen molar-refractivity contribution < 1.29 is 13.2 Å². The monoisotopic (exact) mass is 302 g/mol. The highest BCUT2D eigenvalue weighted by molar-refractivity contribution is 7.89. The van der Waals surface area contributed by atoms with E-state index in [1.165, 1.54) is 18.2 Å². The van der Waals surface area contributed by atoms with E-state index >= 15 is 0 Å². The molecule has 1 fully saturated rings. The predicted octanol–water partition coefficient (Wildman–Crippen LogP) is 1.52. The summed E-state index contributed by atoms with van der Waals surface area (Å²) in [4.78, 5) is 11.8. The number of primary sulfonamides is 1. The van der Waals surface area contributed by atoms with E-state index in [-0.39, 0.29) is 32.8 Å². The van der Waals surface area contributed by atoms with Crippen molar-refractivity contribution >= 4 is 27.5 Å². The molecule has 1 aromatic rings. The number of rotatable bonds is 3. The van der Waals surface area contributed by atoms with Crippen molar-refractivity contribution in [2.45, 2.75) is 31.2 Å². The van der Waals surface area contributed by atoms with E-state index in [4.69, 9.17) is 16.7 Å². The molecule has 1 aromatic carbocycles. The molecule has 0 radical (unpaired) electrons. The molecule has 19 heavy (non-hydrogen) atoms. The highest BCUT2D eigenvalue weighted by Crippen LogP contribution is 2.44. The van der Waals surface area contributed by atoms with Crippen molar-refractivity contribution in [3.8, 4) is 0 Å². The van der Waals surface area contributed by atoms with Crippen LogP contribution < -0.4 is 10.5 Å². The van der Waals surface area contributed by atoms with Crippen LogP contribution in [0.1, 0.15) is 30.6 Å². The van der Waals surface area contributed by atoms with Crippen molar-refractivity contribution in [3.05, 3.63) is 28.8 Å². The number of carbonyl (C=O) groups is 1. The number of sulfonamides is 1. The Labute approximate surface area is 117 Å². The molecule has 1 aliphatic rings. The van der Waals surface area contributed by atoms with Crippen molar-refractivity contribution in [1.29, 1.82) is 0 Å². The van der Waals surface area contributed by atoms with Crippen LogP contribution in [0.4, 0.5) is 0 Å². The van der Waals surface area contributed by atoms with E-state index < -0.39 is 10.0 Å². The second-order valence-corrected chi connectivity index (χ2v) is 7.44. The SMILES string of the molecule is CC1(C)CC1NC(=O)c1cc(Cl)cc(S(N)(=O)=O)c1. The Kier molecular flexibility index (Phi) is 3.36. The van der Waals surface area contributed by atoms with Gasteiger partial charge in [0.2, 0.25) is 10.0 Å². The largest absolute Gasteiger partial charge is 0.349 e. The molecule has 0 spiro atoms. The molecule has 1 atom stereocenters. The van der Waals surface area contributed by atoms with Crippen molar-refractivity contribution in [2.75, 3.05) is 0 Å². The van der Waals surface area contributed by atoms with E-state index in [1.54, 1.807) is 0 Å². The van der Waals surface area contributed by atoms with Gasteiger partial charge in [-0.3, -0.25) is 4.79 Å². The van der Waals surface area contributed by atoms with Crippen LogP contribution in [0.3, 0.4) is 0 Å². The number of carbonyl (C=O) groups excluding carboxylic acids is 1. The van der Waals surface area contributed by atoms with Crippen LogP contribution in [0, 0.1) is 5.41 Å². The third kappa shape index (κ3) is 3.26. The number of hydrogen-bond donors (Lipinski definition) is 2. The Morgan fingerprint density at radius 2 is 2.00 bits per heavy atom. The number of nitrogens with two attached hydrogens (primary N) is 1. The smallest absolute Gasteiger partial charge is 0.251 e. The van der Waals surface area contributed by atoms with Crippen molar-refractivity contribution in [2.24, 2.45) is 10.6 Å². The fraction of sp³-hybridized carbons (Fsp3) is 0.417. The molecule has 7 heteroatoms. The number of benzene rings is 1. The lowest BCUT2D eigenvalue weighted by molar-refractivity contribution is 0.0946. The lowest BCUT2D eigenvalue weighted by atomic mass is 10.1. The van der Waals surface area contributed by atoms with Crippen LogP contribution in [-0.4, -0.2) is 20.4 Å². The summed E-state index contributed by atoms with van der Waals surface area (Å²) in [5.74, 6) is -0.344. The highest BCUT2D eigenvalue weighted by atomic mass is 35.5. The first-order valence-corrected chi connectivity index (χ1v) is 7.66. The topological polar surface area (TPSA) is 89.3 Å². The maximum absolute atomic E-state index is 12.0. The second-order valence-electron chi connectivity index (χ2n) is 5.44. The van der Waals surface area contributed by atoms with Gasteiger partial charge in [0, 0.05) is 16.6 Å². The van der Waals surface area contributed by atoms with Gasteiger partial charge in [0.05, 0.1) is 4.90 Å². The van der Waals surface area contributed by atoms with Gasteiger partial charge in [0.25, 0.3) is 5.91 Å². The van der Waals surface area contributed by atoms with Gasteiger partial charge >= 0.3 is 0 Å². The molecule has 104 valence electrons. The zero-order valence-electron chi connectivity index (χ0n) is 10.6. The second kappa shape index (κ2) is 4.47. The van der Waals surface area contributed by atoms with Crippen molar-refractivity contribution in [1.82, 2.24) is 5.32 Å². The Morgan fingerprint density at radius 1 is 1.42 bits per heavy atom. The van der Waals surface area contributed by atoms with Crippen LogP contribution in [0.15, 0.2) is 23.1 Å². The molecule has 0 heterocycles.